The number of nitrogens with zero attached hydrogens (tertiary/aromatic N) is 2. The van der Waals surface area contributed by atoms with Gasteiger partial charge in [0.1, 0.15) is 17.4 Å². The Kier molecular flexibility index (Phi) is 7.82. The molecule has 0 aliphatic carbocycles. The first-order valence-electron chi connectivity index (χ1n) is 12.6. The molecule has 37 heavy (non-hydrogen) atoms. The molecule has 0 aromatic heterocycles. The van der Waals surface area contributed by atoms with Crippen molar-refractivity contribution in [1.29, 1.82) is 0 Å². The number of hydrogen-bond acceptors (Lipinski definition) is 8. The summed E-state index contributed by atoms with van der Waals surface area (Å²) in [6.07, 6.45) is 2.06. The monoisotopic (exact) mass is 515 g/mol. The summed E-state index contributed by atoms with van der Waals surface area (Å²) < 4.78 is 17.1. The number of carbonyl (C=O) groups is 5. The molecule has 3 heterocycles. The van der Waals surface area contributed by atoms with E-state index in [0.29, 0.717) is 38.5 Å². The number of ether oxygens (including phenoxy) is 3. The highest BCUT2D eigenvalue weighted by atomic mass is 16.6. The Morgan fingerprint density at radius 2 is 1.70 bits per heavy atom. The minimum Gasteiger partial charge on any atom is -0.493 e. The molecule has 3 aliphatic heterocycles. The normalized spacial score (nSPS) is 20.7. The van der Waals surface area contributed by atoms with Crippen LogP contribution in [0.1, 0.15) is 73.6 Å². The van der Waals surface area contributed by atoms with E-state index in [2.05, 4.69) is 5.32 Å². The van der Waals surface area contributed by atoms with Gasteiger partial charge in [-0.15, -0.1) is 0 Å². The van der Waals surface area contributed by atoms with E-state index in [0.717, 1.165) is 17.7 Å². The average Bonchev–Trinajstić information content (AvgIpc) is 3.08. The molecule has 4 rings (SSSR count). The predicted octanol–water partition coefficient (Wildman–Crippen LogP) is 2.27. The van der Waals surface area contributed by atoms with Crippen LogP contribution in [0.25, 0.3) is 0 Å². The molecule has 2 saturated heterocycles. The molecule has 0 saturated carbocycles. The number of likely N-dealkylation sites (tertiary alicyclic amines) is 1. The predicted molar refractivity (Wildman–Crippen MR) is 130 cm³/mol. The molecule has 0 radical (unpaired) electrons. The largest absolute Gasteiger partial charge is 0.493 e. The first-order chi connectivity index (χ1) is 17.5. The molecule has 11 nitrogen and oxygen atoms in total. The van der Waals surface area contributed by atoms with Gasteiger partial charge in [-0.3, -0.25) is 29.4 Å². The highest BCUT2D eigenvalue weighted by Gasteiger charge is 2.44. The molecule has 1 N–H and O–H groups in total. The maximum absolute atomic E-state index is 12.9. The van der Waals surface area contributed by atoms with Crippen molar-refractivity contribution < 1.29 is 38.2 Å². The Morgan fingerprint density at radius 3 is 2.38 bits per heavy atom. The maximum atomic E-state index is 12.9. The minimum atomic E-state index is -0.998. The SMILES string of the molecule is CC(C)(C)OC(=O)N1CCC(OCCCOc2ccc3c(c2)C(=O)N(C2CCC(=O)NC2=O)C3=O)CC1. The molecule has 1 aromatic rings. The maximum Gasteiger partial charge on any atom is 0.410 e. The number of piperidine rings is 2. The van der Waals surface area contributed by atoms with Crippen molar-refractivity contribution in [3.63, 3.8) is 0 Å². The van der Waals surface area contributed by atoms with Crippen LogP contribution in [0.3, 0.4) is 0 Å². The quantitative estimate of drug-likeness (QED) is 0.432. The summed E-state index contributed by atoms with van der Waals surface area (Å²) in [6, 6.07) is 3.65. The Morgan fingerprint density at radius 1 is 1.00 bits per heavy atom. The van der Waals surface area contributed by atoms with E-state index in [-0.39, 0.29) is 36.2 Å². The number of fused-ring (bicyclic) bond motifs is 1. The van der Waals surface area contributed by atoms with Crippen LogP contribution in [-0.4, -0.2) is 83.6 Å². The van der Waals surface area contributed by atoms with Crippen LogP contribution in [0.4, 0.5) is 4.79 Å². The number of nitrogens with one attached hydrogen (secondary N) is 1. The smallest absolute Gasteiger partial charge is 0.410 e. The third-order valence-corrected chi connectivity index (χ3v) is 6.42. The van der Waals surface area contributed by atoms with Crippen LogP contribution in [0.2, 0.25) is 0 Å². The number of imide groups is 2. The van der Waals surface area contributed by atoms with E-state index in [4.69, 9.17) is 14.2 Å². The molecule has 0 bridgehead atoms. The first kappa shape index (κ1) is 26.6. The van der Waals surface area contributed by atoms with Crippen molar-refractivity contribution >= 4 is 29.7 Å². The van der Waals surface area contributed by atoms with E-state index in [1.165, 1.54) is 12.1 Å². The molecule has 1 unspecified atom stereocenters. The Bertz CT molecular complexity index is 1090. The van der Waals surface area contributed by atoms with Crippen LogP contribution >= 0.6 is 0 Å². The lowest BCUT2D eigenvalue weighted by Gasteiger charge is -2.33. The lowest BCUT2D eigenvalue weighted by molar-refractivity contribution is -0.136. The number of rotatable bonds is 7. The lowest BCUT2D eigenvalue weighted by Crippen LogP contribution is -2.54. The molecule has 1 aromatic carbocycles. The second kappa shape index (κ2) is 10.9. The summed E-state index contributed by atoms with van der Waals surface area (Å²) in [7, 11) is 0. The summed E-state index contributed by atoms with van der Waals surface area (Å²) in [4.78, 5) is 64.1. The molecule has 0 spiro atoms. The van der Waals surface area contributed by atoms with E-state index < -0.39 is 35.3 Å². The van der Waals surface area contributed by atoms with Crippen LogP contribution in [0.15, 0.2) is 18.2 Å². The molecule has 3 aliphatic rings. The zero-order chi connectivity index (χ0) is 26.7. The zero-order valence-corrected chi connectivity index (χ0v) is 21.4. The summed E-state index contributed by atoms with van der Waals surface area (Å²) in [5.41, 5.74) is -0.123. The lowest BCUT2D eigenvalue weighted by atomic mass is 10.0. The fourth-order valence-corrected chi connectivity index (χ4v) is 4.57. The molecule has 200 valence electrons. The van der Waals surface area contributed by atoms with Crippen molar-refractivity contribution in [3.8, 4) is 5.75 Å². The van der Waals surface area contributed by atoms with Gasteiger partial charge in [0.25, 0.3) is 11.8 Å². The van der Waals surface area contributed by atoms with Gasteiger partial charge in [-0.2, -0.15) is 0 Å². The second-order valence-electron chi connectivity index (χ2n) is 10.4. The molecule has 11 heteroatoms. The van der Waals surface area contributed by atoms with Crippen molar-refractivity contribution in [2.24, 2.45) is 0 Å². The summed E-state index contributed by atoms with van der Waals surface area (Å²) >= 11 is 0. The molecule has 2 fully saturated rings. The van der Waals surface area contributed by atoms with Gasteiger partial charge in [-0.05, 0) is 58.2 Å². The topological polar surface area (TPSA) is 132 Å². The van der Waals surface area contributed by atoms with E-state index >= 15 is 0 Å². The fourth-order valence-electron chi connectivity index (χ4n) is 4.57. The van der Waals surface area contributed by atoms with Crippen molar-refractivity contribution in [2.75, 3.05) is 26.3 Å². The van der Waals surface area contributed by atoms with Gasteiger partial charge >= 0.3 is 6.09 Å². The second-order valence-corrected chi connectivity index (χ2v) is 10.4. The molecule has 1 atom stereocenters. The summed E-state index contributed by atoms with van der Waals surface area (Å²) in [5, 5.41) is 2.18. The number of benzene rings is 1. The van der Waals surface area contributed by atoms with Gasteiger partial charge in [0.15, 0.2) is 0 Å². The zero-order valence-electron chi connectivity index (χ0n) is 21.4. The van der Waals surface area contributed by atoms with Crippen LogP contribution in [0, 0.1) is 0 Å². The number of amides is 5. The first-order valence-corrected chi connectivity index (χ1v) is 12.6. The minimum absolute atomic E-state index is 0.0700. The van der Waals surface area contributed by atoms with Crippen molar-refractivity contribution in [3.05, 3.63) is 29.3 Å². The number of carbonyl (C=O) groups excluding carboxylic acids is 5. The van der Waals surface area contributed by atoms with Gasteiger partial charge in [0.05, 0.1) is 30.4 Å². The highest BCUT2D eigenvalue weighted by Crippen LogP contribution is 2.30. The third kappa shape index (κ3) is 6.27. The van der Waals surface area contributed by atoms with Crippen molar-refractivity contribution in [2.45, 2.75) is 70.6 Å². The van der Waals surface area contributed by atoms with Crippen LogP contribution in [-0.2, 0) is 19.1 Å². The fraction of sp³-hybridized carbons (Fsp3) is 0.577. The van der Waals surface area contributed by atoms with Gasteiger partial charge in [-0.25, -0.2) is 4.79 Å². The summed E-state index contributed by atoms with van der Waals surface area (Å²) in [6.45, 7) is 7.57. The summed E-state index contributed by atoms with van der Waals surface area (Å²) in [5.74, 6) is -1.73. The van der Waals surface area contributed by atoms with Gasteiger partial charge in [0.2, 0.25) is 11.8 Å². The Labute approximate surface area is 215 Å². The van der Waals surface area contributed by atoms with E-state index in [9.17, 15) is 24.0 Å². The van der Waals surface area contributed by atoms with Crippen LogP contribution < -0.4 is 10.1 Å². The van der Waals surface area contributed by atoms with Crippen molar-refractivity contribution in [1.82, 2.24) is 15.1 Å². The molecular weight excluding hydrogens is 482 g/mol. The highest BCUT2D eigenvalue weighted by molar-refractivity contribution is 6.23. The van der Waals surface area contributed by atoms with E-state index in [1.54, 1.807) is 11.0 Å². The Hall–Kier alpha value is -3.47. The molecule has 5 amide bonds. The van der Waals surface area contributed by atoms with Crippen LogP contribution in [0.5, 0.6) is 5.75 Å². The molecular formula is C26H33N3O8. The van der Waals surface area contributed by atoms with E-state index in [1.807, 2.05) is 20.8 Å². The van der Waals surface area contributed by atoms with Gasteiger partial charge < -0.3 is 19.1 Å². The van der Waals surface area contributed by atoms with Gasteiger partial charge in [0, 0.05) is 25.9 Å². The Balaban J connectivity index is 1.20. The number of hydrogen-bond donors (Lipinski definition) is 1. The average molecular weight is 516 g/mol. The van der Waals surface area contributed by atoms with Gasteiger partial charge in [-0.1, -0.05) is 0 Å². The third-order valence-electron chi connectivity index (χ3n) is 6.42. The standard InChI is InChI=1S/C26H33N3O8/c1-26(2,3)37-25(34)28-11-9-16(10-12-28)35-13-4-14-36-17-5-6-18-19(15-17)24(33)29(23(18)32)20-7-8-21(30)27-22(20)31/h5-6,15-16,20H,4,7-14H2,1-3H3,(H,27,30,31).